The molecule has 1 aliphatic heterocycles. The summed E-state index contributed by atoms with van der Waals surface area (Å²) in [6, 6.07) is 10.0. The molecule has 0 unspecified atom stereocenters. The SMILES string of the molecule is COCCOc1ccc(C(F)(F)F)cc1NC(=O)c1cccc(CN2CCOCC2)c1. The number of nitrogens with one attached hydrogen (secondary N) is 1. The van der Waals surface area contributed by atoms with E-state index >= 15 is 0 Å². The van der Waals surface area contributed by atoms with Crippen LogP contribution in [0.25, 0.3) is 0 Å². The van der Waals surface area contributed by atoms with Crippen molar-refractivity contribution in [1.29, 1.82) is 0 Å². The molecule has 168 valence electrons. The highest BCUT2D eigenvalue weighted by Crippen LogP contribution is 2.35. The Labute approximate surface area is 178 Å². The number of halogens is 3. The van der Waals surface area contributed by atoms with E-state index in [1.54, 1.807) is 18.2 Å². The summed E-state index contributed by atoms with van der Waals surface area (Å²) in [7, 11) is 1.49. The maximum Gasteiger partial charge on any atom is 0.416 e. The van der Waals surface area contributed by atoms with Crippen molar-refractivity contribution in [2.75, 3.05) is 51.9 Å². The number of hydrogen-bond acceptors (Lipinski definition) is 5. The highest BCUT2D eigenvalue weighted by Gasteiger charge is 2.31. The first-order valence-electron chi connectivity index (χ1n) is 9.90. The van der Waals surface area contributed by atoms with Crippen molar-refractivity contribution >= 4 is 11.6 Å². The molecule has 1 saturated heterocycles. The quantitative estimate of drug-likeness (QED) is 0.635. The van der Waals surface area contributed by atoms with Crippen molar-refractivity contribution in [3.8, 4) is 5.75 Å². The van der Waals surface area contributed by atoms with Gasteiger partial charge in [-0.05, 0) is 35.9 Å². The number of rotatable bonds is 8. The molecule has 0 atom stereocenters. The van der Waals surface area contributed by atoms with Gasteiger partial charge in [-0.15, -0.1) is 0 Å². The zero-order valence-electron chi connectivity index (χ0n) is 17.2. The minimum Gasteiger partial charge on any atom is -0.489 e. The second-order valence-electron chi connectivity index (χ2n) is 7.09. The minimum absolute atomic E-state index is 0.0467. The Kier molecular flexibility index (Phi) is 7.89. The van der Waals surface area contributed by atoms with Crippen LogP contribution in [0.4, 0.5) is 18.9 Å². The van der Waals surface area contributed by atoms with Crippen molar-refractivity contribution in [2.24, 2.45) is 0 Å². The average molecular weight is 438 g/mol. The summed E-state index contributed by atoms with van der Waals surface area (Å²) >= 11 is 0. The van der Waals surface area contributed by atoms with Crippen LogP contribution in [-0.2, 0) is 22.2 Å². The second-order valence-corrected chi connectivity index (χ2v) is 7.09. The topological polar surface area (TPSA) is 60.0 Å². The van der Waals surface area contributed by atoms with Crippen LogP contribution in [0, 0.1) is 0 Å². The Morgan fingerprint density at radius 3 is 2.61 bits per heavy atom. The molecule has 3 rings (SSSR count). The van der Waals surface area contributed by atoms with Crippen molar-refractivity contribution in [1.82, 2.24) is 4.90 Å². The van der Waals surface area contributed by atoms with E-state index in [-0.39, 0.29) is 24.7 Å². The zero-order chi connectivity index (χ0) is 22.3. The minimum atomic E-state index is -4.54. The Balaban J connectivity index is 1.77. The van der Waals surface area contributed by atoms with E-state index in [1.807, 2.05) is 6.07 Å². The second kappa shape index (κ2) is 10.6. The third-order valence-corrected chi connectivity index (χ3v) is 4.80. The van der Waals surface area contributed by atoms with Crippen LogP contribution in [0.5, 0.6) is 5.75 Å². The molecule has 31 heavy (non-hydrogen) atoms. The molecule has 1 aliphatic rings. The third kappa shape index (κ3) is 6.68. The number of ether oxygens (including phenoxy) is 3. The number of hydrogen-bond donors (Lipinski definition) is 1. The van der Waals surface area contributed by atoms with Gasteiger partial charge in [0, 0.05) is 32.3 Å². The fraction of sp³-hybridized carbons (Fsp3) is 0.409. The van der Waals surface area contributed by atoms with Crippen molar-refractivity contribution in [3.05, 3.63) is 59.2 Å². The number of anilines is 1. The summed E-state index contributed by atoms with van der Waals surface area (Å²) in [6.07, 6.45) is -4.54. The molecule has 0 aromatic heterocycles. The molecule has 9 heteroatoms. The summed E-state index contributed by atoms with van der Waals surface area (Å²) in [5.41, 5.74) is 0.374. The Morgan fingerprint density at radius 1 is 1.13 bits per heavy atom. The molecule has 2 aromatic rings. The van der Waals surface area contributed by atoms with E-state index in [2.05, 4.69) is 10.2 Å². The highest BCUT2D eigenvalue weighted by molar-refractivity contribution is 6.05. The molecule has 2 aromatic carbocycles. The van der Waals surface area contributed by atoms with Crippen LogP contribution in [-0.4, -0.2) is 57.4 Å². The van der Waals surface area contributed by atoms with E-state index in [4.69, 9.17) is 14.2 Å². The smallest absolute Gasteiger partial charge is 0.416 e. The predicted molar refractivity (Wildman–Crippen MR) is 109 cm³/mol. The van der Waals surface area contributed by atoms with Crippen LogP contribution in [0.2, 0.25) is 0 Å². The lowest BCUT2D eigenvalue weighted by Gasteiger charge is -2.26. The van der Waals surface area contributed by atoms with Crippen molar-refractivity contribution in [2.45, 2.75) is 12.7 Å². The van der Waals surface area contributed by atoms with E-state index in [9.17, 15) is 18.0 Å². The largest absolute Gasteiger partial charge is 0.489 e. The Bertz CT molecular complexity index is 883. The lowest BCUT2D eigenvalue weighted by molar-refractivity contribution is -0.137. The first-order chi connectivity index (χ1) is 14.9. The fourth-order valence-electron chi connectivity index (χ4n) is 3.19. The van der Waals surface area contributed by atoms with Gasteiger partial charge < -0.3 is 19.5 Å². The number of benzene rings is 2. The number of alkyl halides is 3. The van der Waals surface area contributed by atoms with Gasteiger partial charge >= 0.3 is 6.18 Å². The first-order valence-corrected chi connectivity index (χ1v) is 9.90. The van der Waals surface area contributed by atoms with E-state index in [1.165, 1.54) is 13.2 Å². The van der Waals surface area contributed by atoms with Crippen molar-refractivity contribution in [3.63, 3.8) is 0 Å². The third-order valence-electron chi connectivity index (χ3n) is 4.80. The molecule has 0 aliphatic carbocycles. The zero-order valence-corrected chi connectivity index (χ0v) is 17.2. The van der Waals surface area contributed by atoms with Gasteiger partial charge in [0.2, 0.25) is 0 Å². The lowest BCUT2D eigenvalue weighted by atomic mass is 10.1. The van der Waals surface area contributed by atoms with Crippen LogP contribution < -0.4 is 10.1 Å². The molecule has 0 spiro atoms. The van der Waals surface area contributed by atoms with Gasteiger partial charge in [0.05, 0.1) is 31.1 Å². The van der Waals surface area contributed by atoms with Crippen LogP contribution >= 0.6 is 0 Å². The lowest BCUT2D eigenvalue weighted by Crippen LogP contribution is -2.35. The highest BCUT2D eigenvalue weighted by atomic mass is 19.4. The fourth-order valence-corrected chi connectivity index (χ4v) is 3.19. The summed E-state index contributed by atoms with van der Waals surface area (Å²) in [5, 5.41) is 2.56. The number of methoxy groups -OCH3 is 1. The summed E-state index contributed by atoms with van der Waals surface area (Å²) < 4.78 is 55.2. The predicted octanol–water partition coefficient (Wildman–Crippen LogP) is 3.82. The van der Waals surface area contributed by atoms with Gasteiger partial charge in [-0.1, -0.05) is 12.1 Å². The maximum absolute atomic E-state index is 13.2. The van der Waals surface area contributed by atoms with E-state index in [0.717, 1.165) is 30.8 Å². The molecule has 0 saturated carbocycles. The summed E-state index contributed by atoms with van der Waals surface area (Å²) in [6.45, 7) is 4.02. The number of nitrogens with zero attached hydrogens (tertiary/aromatic N) is 1. The Hall–Kier alpha value is -2.62. The Morgan fingerprint density at radius 2 is 1.90 bits per heavy atom. The standard InChI is InChI=1S/C22H25F3N2O4/c1-29-11-12-31-20-6-5-18(22(23,24)25)14-19(20)26-21(28)17-4-2-3-16(13-17)15-27-7-9-30-10-8-27/h2-6,13-14H,7-12,15H2,1H3,(H,26,28). The monoisotopic (exact) mass is 438 g/mol. The van der Waals surface area contributed by atoms with Crippen LogP contribution in [0.1, 0.15) is 21.5 Å². The summed E-state index contributed by atoms with van der Waals surface area (Å²) in [5.74, 6) is -0.373. The maximum atomic E-state index is 13.2. The molecular weight excluding hydrogens is 413 g/mol. The van der Waals surface area contributed by atoms with Crippen LogP contribution in [0.15, 0.2) is 42.5 Å². The molecule has 6 nitrogen and oxygen atoms in total. The average Bonchev–Trinajstić information content (AvgIpc) is 2.75. The molecule has 1 N–H and O–H groups in total. The summed E-state index contributed by atoms with van der Waals surface area (Å²) in [4.78, 5) is 15.0. The number of morpholine rings is 1. The molecule has 1 fully saturated rings. The van der Waals surface area contributed by atoms with Gasteiger partial charge in [-0.25, -0.2) is 0 Å². The molecule has 0 bridgehead atoms. The van der Waals surface area contributed by atoms with Gasteiger partial charge in [0.15, 0.2) is 0 Å². The van der Waals surface area contributed by atoms with Gasteiger partial charge in [-0.2, -0.15) is 13.2 Å². The molecule has 1 heterocycles. The van der Waals surface area contributed by atoms with Gasteiger partial charge in [-0.3, -0.25) is 9.69 Å². The normalized spacial score (nSPS) is 15.0. The van der Waals surface area contributed by atoms with E-state index in [0.29, 0.717) is 25.3 Å². The van der Waals surface area contributed by atoms with Crippen molar-refractivity contribution < 1.29 is 32.2 Å². The first kappa shape index (κ1) is 23.1. The molecular formula is C22H25F3N2O4. The number of carbonyl (C=O) groups is 1. The van der Waals surface area contributed by atoms with Gasteiger partial charge in [0.25, 0.3) is 5.91 Å². The van der Waals surface area contributed by atoms with Crippen LogP contribution in [0.3, 0.4) is 0 Å². The molecule has 1 amide bonds. The van der Waals surface area contributed by atoms with E-state index < -0.39 is 17.6 Å². The number of amides is 1. The molecule has 0 radical (unpaired) electrons. The number of carbonyl (C=O) groups excluding carboxylic acids is 1. The van der Waals surface area contributed by atoms with Gasteiger partial charge in [0.1, 0.15) is 12.4 Å².